The predicted octanol–water partition coefficient (Wildman–Crippen LogP) is 4.55. The average molecular weight is 325 g/mol. The fraction of sp³-hybridized carbons (Fsp3) is 0.0500. The molecule has 3 heterocycles. The third-order valence-electron chi connectivity index (χ3n) is 4.30. The van der Waals surface area contributed by atoms with Crippen LogP contribution in [-0.2, 0) is 0 Å². The Morgan fingerprint density at radius 1 is 1.08 bits per heavy atom. The number of nitriles is 1. The Kier molecular flexibility index (Phi) is 3.64. The average Bonchev–Trinajstić information content (AvgIpc) is 3.14. The standard InChI is InChI=1S/C20H15N5/c1-13-16-6-8-24-19(16)5-4-18(13)25-20-15(9-21)11-23-12-17(20)14-3-2-7-22-10-14/h2-8,10-12,24H,1H3,(H,23,25). The van der Waals surface area contributed by atoms with Gasteiger partial charge >= 0.3 is 0 Å². The van der Waals surface area contributed by atoms with Gasteiger partial charge in [0.25, 0.3) is 0 Å². The molecule has 4 rings (SSSR count). The van der Waals surface area contributed by atoms with Crippen LogP contribution >= 0.6 is 0 Å². The maximum absolute atomic E-state index is 9.53. The summed E-state index contributed by atoms with van der Waals surface area (Å²) in [5.41, 5.74) is 6.16. The van der Waals surface area contributed by atoms with Crippen LogP contribution < -0.4 is 5.32 Å². The summed E-state index contributed by atoms with van der Waals surface area (Å²) in [4.78, 5) is 11.6. The van der Waals surface area contributed by atoms with E-state index in [1.807, 2.05) is 30.5 Å². The highest BCUT2D eigenvalue weighted by molar-refractivity contribution is 5.91. The molecular formula is C20H15N5. The SMILES string of the molecule is Cc1c(Nc2c(C#N)cncc2-c2cccnc2)ccc2[nH]ccc12. The number of rotatable bonds is 3. The zero-order valence-corrected chi connectivity index (χ0v) is 13.6. The van der Waals surface area contributed by atoms with Gasteiger partial charge in [-0.25, -0.2) is 0 Å². The van der Waals surface area contributed by atoms with E-state index in [9.17, 15) is 5.26 Å². The number of nitrogens with zero attached hydrogens (tertiary/aromatic N) is 3. The Morgan fingerprint density at radius 2 is 2.00 bits per heavy atom. The van der Waals surface area contributed by atoms with E-state index in [-0.39, 0.29) is 0 Å². The lowest BCUT2D eigenvalue weighted by molar-refractivity contribution is 1.28. The Balaban J connectivity index is 1.87. The van der Waals surface area contributed by atoms with Crippen molar-refractivity contribution < 1.29 is 0 Å². The number of hydrogen-bond donors (Lipinski definition) is 2. The number of anilines is 2. The first-order valence-corrected chi connectivity index (χ1v) is 7.90. The fourth-order valence-electron chi connectivity index (χ4n) is 2.97. The van der Waals surface area contributed by atoms with Crippen molar-refractivity contribution in [2.24, 2.45) is 0 Å². The summed E-state index contributed by atoms with van der Waals surface area (Å²) in [6.07, 6.45) is 8.75. The number of H-pyrrole nitrogens is 1. The molecule has 120 valence electrons. The van der Waals surface area contributed by atoms with E-state index in [1.54, 1.807) is 24.8 Å². The molecule has 3 aromatic heterocycles. The van der Waals surface area contributed by atoms with Crippen LogP contribution in [0.25, 0.3) is 22.0 Å². The first-order valence-electron chi connectivity index (χ1n) is 7.90. The molecule has 0 amide bonds. The monoisotopic (exact) mass is 325 g/mol. The molecule has 0 radical (unpaired) electrons. The maximum Gasteiger partial charge on any atom is 0.103 e. The van der Waals surface area contributed by atoms with E-state index in [0.717, 1.165) is 39.0 Å². The molecule has 4 aromatic rings. The summed E-state index contributed by atoms with van der Waals surface area (Å²) in [6, 6.07) is 12.2. The van der Waals surface area contributed by atoms with Crippen molar-refractivity contribution in [3.05, 3.63) is 72.4 Å². The van der Waals surface area contributed by atoms with Gasteiger partial charge in [-0.2, -0.15) is 5.26 Å². The topological polar surface area (TPSA) is 77.4 Å². The third-order valence-corrected chi connectivity index (χ3v) is 4.30. The van der Waals surface area contributed by atoms with Crippen molar-refractivity contribution in [3.8, 4) is 17.2 Å². The molecule has 0 spiro atoms. The molecule has 0 aliphatic heterocycles. The van der Waals surface area contributed by atoms with Gasteiger partial charge in [-0.05, 0) is 36.8 Å². The van der Waals surface area contributed by atoms with Gasteiger partial charge in [-0.3, -0.25) is 9.97 Å². The summed E-state index contributed by atoms with van der Waals surface area (Å²) >= 11 is 0. The molecular weight excluding hydrogens is 310 g/mol. The van der Waals surface area contributed by atoms with E-state index in [4.69, 9.17) is 0 Å². The normalized spacial score (nSPS) is 10.6. The maximum atomic E-state index is 9.53. The van der Waals surface area contributed by atoms with Crippen molar-refractivity contribution >= 4 is 22.3 Å². The van der Waals surface area contributed by atoms with Gasteiger partial charge in [0.1, 0.15) is 6.07 Å². The smallest absolute Gasteiger partial charge is 0.103 e. The minimum Gasteiger partial charge on any atom is -0.361 e. The zero-order chi connectivity index (χ0) is 17.2. The largest absolute Gasteiger partial charge is 0.361 e. The minimum absolute atomic E-state index is 0.495. The third kappa shape index (κ3) is 2.60. The number of fused-ring (bicyclic) bond motifs is 1. The molecule has 0 atom stereocenters. The Bertz CT molecular complexity index is 1090. The number of hydrogen-bond acceptors (Lipinski definition) is 4. The molecule has 5 nitrogen and oxygen atoms in total. The number of aromatic amines is 1. The Hall–Kier alpha value is -3.65. The molecule has 2 N–H and O–H groups in total. The van der Waals surface area contributed by atoms with Crippen molar-refractivity contribution in [1.29, 1.82) is 5.26 Å². The lowest BCUT2D eigenvalue weighted by Gasteiger charge is -2.15. The van der Waals surface area contributed by atoms with Gasteiger partial charge in [-0.15, -0.1) is 0 Å². The molecule has 0 bridgehead atoms. The van der Waals surface area contributed by atoms with Gasteiger partial charge in [0.15, 0.2) is 0 Å². The fourth-order valence-corrected chi connectivity index (χ4v) is 2.97. The minimum atomic E-state index is 0.495. The molecule has 25 heavy (non-hydrogen) atoms. The quantitative estimate of drug-likeness (QED) is 0.579. The molecule has 0 aliphatic carbocycles. The molecule has 0 unspecified atom stereocenters. The highest BCUT2D eigenvalue weighted by Crippen LogP contribution is 2.34. The van der Waals surface area contributed by atoms with E-state index < -0.39 is 0 Å². The number of benzene rings is 1. The van der Waals surface area contributed by atoms with Crippen LogP contribution in [0, 0.1) is 18.3 Å². The van der Waals surface area contributed by atoms with Crippen LogP contribution in [-0.4, -0.2) is 15.0 Å². The number of aromatic nitrogens is 3. The number of nitrogens with one attached hydrogen (secondary N) is 2. The van der Waals surface area contributed by atoms with Crippen molar-refractivity contribution in [2.45, 2.75) is 6.92 Å². The summed E-state index contributed by atoms with van der Waals surface area (Å²) in [5, 5.41) is 14.1. The summed E-state index contributed by atoms with van der Waals surface area (Å²) in [7, 11) is 0. The van der Waals surface area contributed by atoms with Crippen LogP contribution in [0.15, 0.2) is 61.3 Å². The summed E-state index contributed by atoms with van der Waals surface area (Å²) in [6.45, 7) is 2.06. The molecule has 0 saturated heterocycles. The van der Waals surface area contributed by atoms with Crippen LogP contribution in [0.3, 0.4) is 0 Å². The second-order valence-corrected chi connectivity index (χ2v) is 5.77. The van der Waals surface area contributed by atoms with Gasteiger partial charge in [0.2, 0.25) is 0 Å². The van der Waals surface area contributed by atoms with E-state index in [0.29, 0.717) is 5.56 Å². The highest BCUT2D eigenvalue weighted by Gasteiger charge is 2.13. The van der Waals surface area contributed by atoms with E-state index in [2.05, 4.69) is 39.3 Å². The second-order valence-electron chi connectivity index (χ2n) is 5.77. The highest BCUT2D eigenvalue weighted by atomic mass is 14.9. The Morgan fingerprint density at radius 3 is 2.80 bits per heavy atom. The van der Waals surface area contributed by atoms with Gasteiger partial charge in [-0.1, -0.05) is 6.07 Å². The lowest BCUT2D eigenvalue weighted by Crippen LogP contribution is -2.00. The van der Waals surface area contributed by atoms with Crippen molar-refractivity contribution in [3.63, 3.8) is 0 Å². The van der Waals surface area contributed by atoms with Crippen molar-refractivity contribution in [1.82, 2.24) is 15.0 Å². The first kappa shape index (κ1) is 14.9. The Labute approximate surface area is 145 Å². The van der Waals surface area contributed by atoms with Gasteiger partial charge in [0, 0.05) is 58.7 Å². The van der Waals surface area contributed by atoms with Crippen LogP contribution in [0.5, 0.6) is 0 Å². The van der Waals surface area contributed by atoms with E-state index in [1.165, 1.54) is 0 Å². The first-order chi connectivity index (χ1) is 12.3. The second kappa shape index (κ2) is 6.10. The zero-order valence-electron chi connectivity index (χ0n) is 13.6. The molecule has 0 aliphatic rings. The molecule has 0 saturated carbocycles. The summed E-state index contributed by atoms with van der Waals surface area (Å²) in [5.74, 6) is 0. The molecule has 1 aromatic carbocycles. The number of pyridine rings is 2. The van der Waals surface area contributed by atoms with Gasteiger partial charge < -0.3 is 10.3 Å². The molecule has 5 heteroatoms. The number of aryl methyl sites for hydroxylation is 1. The van der Waals surface area contributed by atoms with Gasteiger partial charge in [0.05, 0.1) is 11.3 Å². The van der Waals surface area contributed by atoms with Crippen LogP contribution in [0.1, 0.15) is 11.1 Å². The van der Waals surface area contributed by atoms with Crippen LogP contribution in [0.4, 0.5) is 11.4 Å². The van der Waals surface area contributed by atoms with Crippen molar-refractivity contribution in [2.75, 3.05) is 5.32 Å². The lowest BCUT2D eigenvalue weighted by atomic mass is 10.0. The summed E-state index contributed by atoms with van der Waals surface area (Å²) < 4.78 is 0. The predicted molar refractivity (Wildman–Crippen MR) is 98.5 cm³/mol. The van der Waals surface area contributed by atoms with E-state index >= 15 is 0 Å². The molecule has 0 fully saturated rings. The van der Waals surface area contributed by atoms with Crippen LogP contribution in [0.2, 0.25) is 0 Å².